The molecule has 3 aromatic heterocycles. The number of fused-ring (bicyclic) bond motifs is 11. The predicted octanol–water partition coefficient (Wildman–Crippen LogP) is 3.04. The molecule has 23 nitrogen and oxygen atoms in total. The Hall–Kier alpha value is -5.34. The SMILES string of the molecule is CCOC(=O)C(F)(F)F.CCOC(=O)CCN.CCOC(=O)Cn1nc(C(F)(F)F)c2c1C(=O)C1CC21.CCOC(=O)Cn1nc(C(F)(F)F)c2c1CC1CC21.Cl.O=C(O)Cn1nc(C(F)(F)F)c2c1C(=O)C1CC21.O=C1CC2CC2/C1=C(/[O-])C(F)(F)F.O=C1CC2CC2C1.SCCS.[Li+].[Na+].[OH-]. The van der Waals surface area contributed by atoms with Gasteiger partial charge in [0.15, 0.2) is 34.4 Å². The van der Waals surface area contributed by atoms with Crippen LogP contribution in [-0.2, 0) is 97.1 Å². The van der Waals surface area contributed by atoms with Crippen molar-refractivity contribution in [2.75, 3.05) is 44.5 Å². The van der Waals surface area contributed by atoms with Gasteiger partial charge in [0.1, 0.15) is 36.8 Å². The molecule has 102 heavy (non-hydrogen) atoms. The fraction of sp³-hybridized carbons (Fsp3) is 0.661. The summed E-state index contributed by atoms with van der Waals surface area (Å²) in [5.74, 6) is -5.95. The van der Waals surface area contributed by atoms with E-state index in [0.29, 0.717) is 72.9 Å². The van der Waals surface area contributed by atoms with Gasteiger partial charge in [-0.05, 0) is 136 Å². The summed E-state index contributed by atoms with van der Waals surface area (Å²) < 4.78 is 206. The molecule has 13 rings (SSSR count). The number of halogens is 16. The van der Waals surface area contributed by atoms with E-state index in [2.05, 4.69) is 54.8 Å². The Morgan fingerprint density at radius 2 is 0.922 bits per heavy atom. The van der Waals surface area contributed by atoms with Gasteiger partial charge >= 0.3 is 109 Å². The van der Waals surface area contributed by atoms with Crippen LogP contribution in [0.25, 0.3) is 0 Å². The number of carboxylic acids is 1. The Labute approximate surface area is 622 Å². The van der Waals surface area contributed by atoms with Crippen LogP contribution in [0.15, 0.2) is 11.3 Å². The molecule has 10 aliphatic rings. The van der Waals surface area contributed by atoms with Crippen molar-refractivity contribution in [2.45, 2.75) is 160 Å². The number of aromatic nitrogens is 6. The second kappa shape index (κ2) is 37.8. The average molecular weight is 1550 g/mol. The molecule has 10 atom stereocenters. The van der Waals surface area contributed by atoms with Crippen LogP contribution in [0, 0.1) is 41.4 Å². The third-order valence-corrected chi connectivity index (χ3v) is 17.2. The molecule has 4 N–H and O–H groups in total. The summed E-state index contributed by atoms with van der Waals surface area (Å²) in [7, 11) is 0. The summed E-state index contributed by atoms with van der Waals surface area (Å²) in [5, 5.41) is 29.6. The van der Waals surface area contributed by atoms with Gasteiger partial charge in [-0.3, -0.25) is 43.0 Å². The molecule has 10 unspecified atom stereocenters. The number of hydrogen-bond donors (Lipinski definition) is 4. The normalized spacial score (nSPS) is 23.2. The number of aliphatic carboxylic acids is 1. The first-order valence-corrected chi connectivity index (χ1v) is 31.8. The smallest absolute Gasteiger partial charge is 0.870 e. The van der Waals surface area contributed by atoms with E-state index in [1.165, 1.54) is 18.0 Å². The number of nitrogens with zero attached hydrogens (tertiary/aromatic N) is 6. The van der Waals surface area contributed by atoms with Crippen molar-refractivity contribution in [1.29, 1.82) is 0 Å². The van der Waals surface area contributed by atoms with Gasteiger partial charge in [0.2, 0.25) is 0 Å². The maximum atomic E-state index is 13.0. The van der Waals surface area contributed by atoms with E-state index < -0.39 is 120 Å². The second-order valence-corrected chi connectivity index (χ2v) is 24.4. The van der Waals surface area contributed by atoms with Crippen LogP contribution in [0.5, 0.6) is 0 Å². The zero-order valence-electron chi connectivity index (χ0n) is 55.3. The van der Waals surface area contributed by atoms with Gasteiger partial charge < -0.3 is 40.4 Å². The summed E-state index contributed by atoms with van der Waals surface area (Å²) in [6, 6.07) is 0. The Morgan fingerprint density at radius 1 is 0.529 bits per heavy atom. The summed E-state index contributed by atoms with van der Waals surface area (Å²) >= 11 is 7.69. The van der Waals surface area contributed by atoms with Crippen molar-refractivity contribution < 1.29 is 192 Å². The van der Waals surface area contributed by atoms with Crippen molar-refractivity contribution in [3.05, 3.63) is 62.2 Å². The number of hydrogen-bond acceptors (Lipinski definition) is 21. The van der Waals surface area contributed by atoms with Crippen molar-refractivity contribution in [3.8, 4) is 0 Å². The van der Waals surface area contributed by atoms with E-state index in [4.69, 9.17) is 15.6 Å². The molecule has 0 spiro atoms. The summed E-state index contributed by atoms with van der Waals surface area (Å²) in [4.78, 5) is 98.6. The number of carboxylic acid groups (broad SMARTS) is 1. The molecule has 0 radical (unpaired) electrons. The van der Waals surface area contributed by atoms with Crippen molar-refractivity contribution in [3.63, 3.8) is 0 Å². The van der Waals surface area contributed by atoms with Crippen LogP contribution < -0.4 is 59.3 Å². The number of Topliss-reactive ketones (excluding diaryl/α,β-unsaturated/α-hetero) is 4. The maximum Gasteiger partial charge on any atom is 1.00 e. The number of nitrogens with two attached hydrogens (primary N) is 1. The molecule has 0 amide bonds. The Morgan fingerprint density at radius 3 is 1.26 bits per heavy atom. The molecule has 10 aliphatic carbocycles. The van der Waals surface area contributed by atoms with E-state index in [9.17, 15) is 114 Å². The number of ketones is 4. The number of carbonyl (C=O) groups is 9. The van der Waals surface area contributed by atoms with Gasteiger partial charge in [-0.2, -0.15) is 106 Å². The second-order valence-electron chi connectivity index (χ2n) is 23.5. The predicted molar refractivity (Wildman–Crippen MR) is 318 cm³/mol. The van der Waals surface area contributed by atoms with Crippen LogP contribution in [0.1, 0.15) is 164 Å². The first kappa shape index (κ1) is 92.7. The van der Waals surface area contributed by atoms with Gasteiger partial charge in [-0.25, -0.2) is 14.2 Å². The molecule has 0 saturated heterocycles. The summed E-state index contributed by atoms with van der Waals surface area (Å²) in [6.45, 7) is 5.77. The fourth-order valence-corrected chi connectivity index (χ4v) is 12.0. The quantitative estimate of drug-likeness (QED) is 0.0363. The molecule has 0 bridgehead atoms. The Balaban J connectivity index is 0.000000409. The Bertz CT molecular complexity index is 3530. The molecule has 7 saturated carbocycles. The number of thiol groups is 2. The maximum absolute atomic E-state index is 13.0. The topological polar surface area (TPSA) is 343 Å². The van der Waals surface area contributed by atoms with E-state index in [1.54, 1.807) is 20.8 Å². The zero-order chi connectivity index (χ0) is 73.6. The van der Waals surface area contributed by atoms with Gasteiger partial charge in [0, 0.05) is 60.0 Å². The van der Waals surface area contributed by atoms with Gasteiger partial charge in [-0.15, -0.1) is 12.4 Å². The minimum Gasteiger partial charge on any atom is -0.870 e. The van der Waals surface area contributed by atoms with E-state index >= 15 is 0 Å². The summed E-state index contributed by atoms with van der Waals surface area (Å²) in [6.07, 6.45) is -17.0. The summed E-state index contributed by atoms with van der Waals surface area (Å²) in [5.41, 5.74) is 2.03. The minimum atomic E-state index is -4.89. The van der Waals surface area contributed by atoms with Gasteiger partial charge in [0.25, 0.3) is 0 Å². The molecular formula is C59H69ClF15LiN7NaO16S2. The fourth-order valence-electron chi connectivity index (χ4n) is 12.0. The number of carbonyl (C=O) groups excluding carboxylic acids is 8. The Kier molecular flexibility index (Phi) is 34.3. The molecule has 3 heterocycles. The number of alkyl halides is 15. The van der Waals surface area contributed by atoms with Crippen molar-refractivity contribution in [2.24, 2.45) is 47.2 Å². The minimum absolute atomic E-state index is 0. The first-order valence-electron chi connectivity index (χ1n) is 30.5. The molecule has 562 valence electrons. The number of ether oxygens (including phenoxy) is 4. The van der Waals surface area contributed by atoms with Gasteiger partial charge in [-0.1, -0.05) is 0 Å². The molecular weight excluding hydrogens is 1480 g/mol. The molecule has 7 fully saturated rings. The van der Waals surface area contributed by atoms with Crippen molar-refractivity contribution in [1.82, 2.24) is 29.3 Å². The van der Waals surface area contributed by atoms with Crippen LogP contribution in [0.2, 0.25) is 0 Å². The van der Waals surface area contributed by atoms with Crippen LogP contribution in [0.3, 0.4) is 0 Å². The third-order valence-electron chi connectivity index (χ3n) is 16.4. The van der Waals surface area contributed by atoms with Crippen molar-refractivity contribution >= 4 is 90.6 Å². The number of esters is 4. The molecule has 0 aromatic carbocycles. The number of allylic oxidation sites excluding steroid dienone is 2. The zero-order valence-corrected chi connectivity index (χ0v) is 59.9. The van der Waals surface area contributed by atoms with E-state index in [1.807, 2.05) is 0 Å². The van der Waals surface area contributed by atoms with E-state index in [-0.39, 0.29) is 163 Å². The van der Waals surface area contributed by atoms with Crippen LogP contribution >= 0.6 is 37.7 Å². The van der Waals surface area contributed by atoms with E-state index in [0.717, 1.165) is 47.3 Å². The van der Waals surface area contributed by atoms with Gasteiger partial charge in [0.05, 0.1) is 32.8 Å². The molecule has 0 aliphatic heterocycles. The largest absolute Gasteiger partial charge is 1.00 e. The standard InChI is InChI=1S/C12H11F3N2O3.C12H13F3N2O2.C10H7F3N2O3.C8H7F3O2.C6H8O.C5H11NO2.C4H5F3O2.C2H6S2.ClH.Li.Na.H2O/c1-2-20-7(18)4-17-9-8(5-3-6(5)10(9)19)11(16-17)12(13,14)15;1-2-19-9(18)5-17-8-4-6-3-7(6)10(8)11(16-17)12(13,14)15;11-10(12,13)9-6-3-1-4(3)8(18)7(6)15(14-9)2-5(16)17;9-8(10,11)7(13)6-4-1-3(4)2-5(6)12;7-6-2-4-1-5(4)3-6;1-2-8-5(7)3-4-6;1-2-9-3(8)4(5,6)7;3-1-2-4;;;;/h5-6H,2-4H2,1H3;6-7H,2-5H2,1H3;3-4H,1-2H2,(H,16,17);3-4,13H,1-2H2;4-5H,1-3H2;2-4,6H2,1H3;2H2,1H3;3-4H,1-2H2;1H;;;1H2/q;;;;;;;;;2*+1;/p-2/b;;;7-6-;;;;;;;;. The monoisotopic (exact) mass is 1550 g/mol. The van der Waals surface area contributed by atoms with Crippen LogP contribution in [-0.4, -0.2) is 150 Å². The van der Waals surface area contributed by atoms with Crippen LogP contribution in [0.4, 0.5) is 65.9 Å². The molecule has 43 heteroatoms. The number of rotatable bonds is 13. The third kappa shape index (κ3) is 23.8. The average Bonchev–Trinajstić information content (AvgIpc) is 1.55. The first-order chi connectivity index (χ1) is 45.5. The molecule has 3 aromatic rings.